The van der Waals surface area contributed by atoms with Gasteiger partial charge in [-0.1, -0.05) is 24.3 Å². The summed E-state index contributed by atoms with van der Waals surface area (Å²) in [6, 6.07) is 7.12. The van der Waals surface area contributed by atoms with Gasteiger partial charge in [0.15, 0.2) is 0 Å². The predicted octanol–water partition coefficient (Wildman–Crippen LogP) is 3.63. The number of esters is 1. The van der Waals surface area contributed by atoms with Gasteiger partial charge in [0.2, 0.25) is 0 Å². The minimum absolute atomic E-state index is 0.363. The quantitative estimate of drug-likeness (QED) is 0.844. The molecule has 0 bridgehead atoms. The minimum atomic E-state index is -0.529. The molecule has 1 aliphatic heterocycles. The van der Waals surface area contributed by atoms with Crippen molar-refractivity contribution >= 4 is 11.7 Å². The zero-order valence-electron chi connectivity index (χ0n) is 12.9. The van der Waals surface area contributed by atoms with Crippen LogP contribution in [0.2, 0.25) is 0 Å². The summed E-state index contributed by atoms with van der Waals surface area (Å²) in [7, 11) is 0. The van der Waals surface area contributed by atoms with Crippen LogP contribution in [0, 0.1) is 0 Å². The van der Waals surface area contributed by atoms with Crippen molar-refractivity contribution in [2.45, 2.75) is 33.3 Å². The Bertz CT molecular complexity index is 609. The molecule has 0 spiro atoms. The summed E-state index contributed by atoms with van der Waals surface area (Å²) in [4.78, 5) is 12.1. The van der Waals surface area contributed by atoms with Crippen LogP contribution >= 0.6 is 0 Å². The topological polar surface area (TPSA) is 49.8 Å². The molecule has 4 heteroatoms. The molecule has 1 N–H and O–H groups in total. The molecule has 1 aliphatic rings. The van der Waals surface area contributed by atoms with Gasteiger partial charge in [-0.05, 0) is 45.4 Å². The van der Waals surface area contributed by atoms with E-state index in [-0.39, 0.29) is 5.97 Å². The average molecular weight is 287 g/mol. The molecule has 2 rings (SSSR count). The first-order chi connectivity index (χ1) is 9.78. The van der Waals surface area contributed by atoms with Crippen LogP contribution in [0.1, 0.15) is 43.6 Å². The monoisotopic (exact) mass is 287 g/mol. The van der Waals surface area contributed by atoms with E-state index in [1.807, 2.05) is 45.9 Å². The number of hydrogen-bond donors (Lipinski definition) is 1. The second kappa shape index (κ2) is 5.74. The fraction of sp³-hybridized carbons (Fsp3) is 0.353. The highest BCUT2D eigenvalue weighted by Crippen LogP contribution is 2.26. The Balaban J connectivity index is 2.34. The molecule has 0 saturated carbocycles. The van der Waals surface area contributed by atoms with E-state index >= 15 is 0 Å². The number of nitrogens with zero attached hydrogens (tertiary/aromatic N) is 1. The Kier molecular flexibility index (Phi) is 4.19. The van der Waals surface area contributed by atoms with Gasteiger partial charge in [0.05, 0.1) is 17.8 Å². The standard InChI is InChI=1S/C17H21NO3/c1-12-7-6-10-18(20)15(12)13-8-5-9-14(11-13)16(19)21-17(2,3)4/h5-9,11,20H,10H2,1-4H3. The molecule has 0 aromatic heterocycles. The van der Waals surface area contributed by atoms with Crippen LogP contribution in [0.5, 0.6) is 0 Å². The Labute approximate surface area is 125 Å². The molecular weight excluding hydrogens is 266 g/mol. The molecule has 0 saturated heterocycles. The maximum absolute atomic E-state index is 12.1. The maximum Gasteiger partial charge on any atom is 0.338 e. The van der Waals surface area contributed by atoms with Crippen molar-refractivity contribution in [1.82, 2.24) is 5.06 Å². The van der Waals surface area contributed by atoms with E-state index in [4.69, 9.17) is 4.74 Å². The van der Waals surface area contributed by atoms with Crippen LogP contribution in [0.4, 0.5) is 0 Å². The molecule has 4 nitrogen and oxygen atoms in total. The molecule has 1 heterocycles. The van der Waals surface area contributed by atoms with Crippen molar-refractivity contribution in [3.8, 4) is 0 Å². The van der Waals surface area contributed by atoms with Crippen molar-refractivity contribution in [2.75, 3.05) is 6.54 Å². The highest BCUT2D eigenvalue weighted by molar-refractivity contribution is 5.91. The van der Waals surface area contributed by atoms with Crippen LogP contribution in [-0.2, 0) is 4.74 Å². The minimum Gasteiger partial charge on any atom is -0.456 e. The van der Waals surface area contributed by atoms with Crippen LogP contribution in [0.3, 0.4) is 0 Å². The Morgan fingerprint density at radius 2 is 2.05 bits per heavy atom. The van der Waals surface area contributed by atoms with Gasteiger partial charge in [0, 0.05) is 5.56 Å². The Morgan fingerprint density at radius 1 is 1.33 bits per heavy atom. The highest BCUT2D eigenvalue weighted by Gasteiger charge is 2.20. The first-order valence-electron chi connectivity index (χ1n) is 6.95. The van der Waals surface area contributed by atoms with Gasteiger partial charge in [-0.15, -0.1) is 0 Å². The molecule has 0 aliphatic carbocycles. The molecule has 1 aromatic rings. The lowest BCUT2D eigenvalue weighted by Gasteiger charge is -2.24. The molecule has 0 amide bonds. The smallest absolute Gasteiger partial charge is 0.338 e. The predicted molar refractivity (Wildman–Crippen MR) is 81.8 cm³/mol. The molecule has 1 aromatic carbocycles. The van der Waals surface area contributed by atoms with Gasteiger partial charge in [-0.2, -0.15) is 0 Å². The molecule has 0 atom stereocenters. The number of hydrogen-bond acceptors (Lipinski definition) is 4. The third-order valence-electron chi connectivity index (χ3n) is 3.05. The summed E-state index contributed by atoms with van der Waals surface area (Å²) in [6.45, 7) is 7.87. The SMILES string of the molecule is CC1=C(c2cccc(C(=O)OC(C)(C)C)c2)N(O)CC=C1. The summed E-state index contributed by atoms with van der Waals surface area (Å²) in [5, 5.41) is 11.2. The Morgan fingerprint density at radius 3 is 2.67 bits per heavy atom. The highest BCUT2D eigenvalue weighted by atomic mass is 16.6. The molecule has 112 valence electrons. The lowest BCUT2D eigenvalue weighted by molar-refractivity contribution is -0.0173. The molecular formula is C17H21NO3. The number of hydroxylamine groups is 2. The van der Waals surface area contributed by atoms with E-state index in [0.29, 0.717) is 17.8 Å². The van der Waals surface area contributed by atoms with Crippen molar-refractivity contribution in [3.63, 3.8) is 0 Å². The number of ether oxygens (including phenoxy) is 1. The van der Waals surface area contributed by atoms with E-state index in [1.165, 1.54) is 5.06 Å². The van der Waals surface area contributed by atoms with Gasteiger partial charge in [-0.25, -0.2) is 4.79 Å². The second-order valence-corrected chi connectivity index (χ2v) is 6.10. The summed E-state index contributed by atoms with van der Waals surface area (Å²) >= 11 is 0. The molecule has 0 radical (unpaired) electrons. The summed E-state index contributed by atoms with van der Waals surface area (Å²) < 4.78 is 5.37. The molecule has 0 fully saturated rings. The largest absolute Gasteiger partial charge is 0.456 e. The second-order valence-electron chi connectivity index (χ2n) is 6.10. The number of rotatable bonds is 2. The van der Waals surface area contributed by atoms with Gasteiger partial charge < -0.3 is 4.74 Å². The summed E-state index contributed by atoms with van der Waals surface area (Å²) in [6.07, 6.45) is 3.85. The van der Waals surface area contributed by atoms with Crippen molar-refractivity contribution in [1.29, 1.82) is 0 Å². The van der Waals surface area contributed by atoms with Gasteiger partial charge >= 0.3 is 5.97 Å². The first kappa shape index (κ1) is 15.3. The van der Waals surface area contributed by atoms with Crippen LogP contribution in [0.15, 0.2) is 42.0 Å². The van der Waals surface area contributed by atoms with E-state index in [9.17, 15) is 10.0 Å². The average Bonchev–Trinajstić information content (AvgIpc) is 2.37. The maximum atomic E-state index is 12.1. The lowest BCUT2D eigenvalue weighted by Crippen LogP contribution is -2.24. The van der Waals surface area contributed by atoms with E-state index < -0.39 is 5.60 Å². The fourth-order valence-electron chi connectivity index (χ4n) is 2.21. The third-order valence-corrected chi connectivity index (χ3v) is 3.05. The zero-order chi connectivity index (χ0) is 15.6. The van der Waals surface area contributed by atoms with Crippen molar-refractivity contribution in [2.24, 2.45) is 0 Å². The number of carbonyl (C=O) groups excluding carboxylic acids is 1. The number of benzene rings is 1. The summed E-state index contributed by atoms with van der Waals surface area (Å²) in [5.41, 5.74) is 2.40. The fourth-order valence-corrected chi connectivity index (χ4v) is 2.21. The third kappa shape index (κ3) is 3.73. The van der Waals surface area contributed by atoms with Crippen LogP contribution in [-0.4, -0.2) is 28.4 Å². The molecule has 21 heavy (non-hydrogen) atoms. The van der Waals surface area contributed by atoms with E-state index in [2.05, 4.69) is 0 Å². The van der Waals surface area contributed by atoms with Gasteiger partial charge in [-0.3, -0.25) is 10.3 Å². The van der Waals surface area contributed by atoms with Crippen molar-refractivity contribution in [3.05, 3.63) is 53.1 Å². The number of allylic oxidation sites excluding steroid dienone is 2. The number of carbonyl (C=O) groups is 1. The van der Waals surface area contributed by atoms with E-state index in [1.54, 1.807) is 18.2 Å². The van der Waals surface area contributed by atoms with Crippen LogP contribution in [0.25, 0.3) is 5.70 Å². The summed E-state index contributed by atoms with van der Waals surface area (Å²) in [5.74, 6) is -0.363. The van der Waals surface area contributed by atoms with Crippen LogP contribution < -0.4 is 0 Å². The van der Waals surface area contributed by atoms with Crippen molar-refractivity contribution < 1.29 is 14.7 Å². The first-order valence-corrected chi connectivity index (χ1v) is 6.95. The van der Waals surface area contributed by atoms with E-state index in [0.717, 1.165) is 11.1 Å². The van der Waals surface area contributed by atoms with Gasteiger partial charge in [0.25, 0.3) is 0 Å². The normalized spacial score (nSPS) is 15.4. The molecule has 0 unspecified atom stereocenters. The zero-order valence-corrected chi connectivity index (χ0v) is 12.9. The van der Waals surface area contributed by atoms with Gasteiger partial charge in [0.1, 0.15) is 5.60 Å². The Hall–Kier alpha value is -2.07. The lowest BCUT2D eigenvalue weighted by atomic mass is 10.0.